The van der Waals surface area contributed by atoms with E-state index in [9.17, 15) is 4.79 Å². The largest absolute Gasteiger partial charge is 0.378 e. The molecule has 3 nitrogen and oxygen atoms in total. The average Bonchev–Trinajstić information content (AvgIpc) is 2.64. The van der Waals surface area contributed by atoms with Crippen LogP contribution in [-0.4, -0.2) is 31.5 Å². The van der Waals surface area contributed by atoms with Gasteiger partial charge in [-0.2, -0.15) is 0 Å². The topological polar surface area (TPSA) is 38.3 Å². The van der Waals surface area contributed by atoms with E-state index >= 15 is 0 Å². The number of thiophene rings is 1. The number of ether oxygens (including phenoxy) is 1. The van der Waals surface area contributed by atoms with Crippen LogP contribution in [0.1, 0.15) is 9.67 Å². The van der Waals surface area contributed by atoms with Crippen LogP contribution >= 0.6 is 34.5 Å². The summed E-state index contributed by atoms with van der Waals surface area (Å²) in [7, 11) is 0. The molecule has 0 aliphatic heterocycles. The molecular weight excluding hydrogens is 257 g/mol. The van der Waals surface area contributed by atoms with Crippen molar-refractivity contribution in [3.63, 3.8) is 0 Å². The molecule has 1 aromatic rings. The first-order valence-electron chi connectivity index (χ1n) is 4.41. The molecule has 0 unspecified atom stereocenters. The zero-order chi connectivity index (χ0) is 11.1. The minimum Gasteiger partial charge on any atom is -0.378 e. The molecule has 1 aromatic heterocycles. The van der Waals surface area contributed by atoms with Gasteiger partial charge in [0.2, 0.25) is 0 Å². The van der Waals surface area contributed by atoms with Gasteiger partial charge in [-0.05, 0) is 12.1 Å². The van der Waals surface area contributed by atoms with Crippen LogP contribution in [0.3, 0.4) is 0 Å². The molecule has 1 heterocycles. The number of nitrogens with one attached hydrogen (secondary N) is 1. The molecular formula is C9H11Cl2NO2S. The highest BCUT2D eigenvalue weighted by molar-refractivity contribution is 7.17. The van der Waals surface area contributed by atoms with E-state index in [4.69, 9.17) is 27.9 Å². The summed E-state index contributed by atoms with van der Waals surface area (Å²) in [6.45, 7) is 1.45. The Hall–Kier alpha value is -0.290. The van der Waals surface area contributed by atoms with E-state index in [0.29, 0.717) is 34.9 Å². The maximum absolute atomic E-state index is 11.4. The Balaban J connectivity index is 2.19. The highest BCUT2D eigenvalue weighted by atomic mass is 35.5. The number of carbonyl (C=O) groups is 1. The van der Waals surface area contributed by atoms with E-state index in [-0.39, 0.29) is 5.91 Å². The number of alkyl halides is 1. The molecule has 0 aliphatic rings. The van der Waals surface area contributed by atoms with E-state index in [1.807, 2.05) is 0 Å². The molecule has 0 spiro atoms. The Morgan fingerprint density at radius 1 is 1.47 bits per heavy atom. The molecule has 84 valence electrons. The first-order valence-corrected chi connectivity index (χ1v) is 6.14. The van der Waals surface area contributed by atoms with Crippen molar-refractivity contribution >= 4 is 40.4 Å². The van der Waals surface area contributed by atoms with Gasteiger partial charge in [-0.15, -0.1) is 22.9 Å². The lowest BCUT2D eigenvalue weighted by atomic mass is 10.4. The summed E-state index contributed by atoms with van der Waals surface area (Å²) in [6, 6.07) is 3.40. The second-order valence-electron chi connectivity index (χ2n) is 2.66. The van der Waals surface area contributed by atoms with Gasteiger partial charge in [0, 0.05) is 12.4 Å². The summed E-state index contributed by atoms with van der Waals surface area (Å²) in [5, 5.41) is 2.72. The quantitative estimate of drug-likeness (QED) is 0.635. The van der Waals surface area contributed by atoms with Crippen LogP contribution in [0.4, 0.5) is 0 Å². The molecule has 0 aliphatic carbocycles. The second-order valence-corrected chi connectivity index (χ2v) is 4.75. The highest BCUT2D eigenvalue weighted by Gasteiger charge is 2.07. The summed E-state index contributed by atoms with van der Waals surface area (Å²) in [4.78, 5) is 12.1. The maximum Gasteiger partial charge on any atom is 0.261 e. The smallest absolute Gasteiger partial charge is 0.261 e. The third kappa shape index (κ3) is 4.84. The molecule has 6 heteroatoms. The summed E-state index contributed by atoms with van der Waals surface area (Å²) in [6.07, 6.45) is 0. The maximum atomic E-state index is 11.4. The Morgan fingerprint density at radius 3 is 2.87 bits per heavy atom. The van der Waals surface area contributed by atoms with Crippen molar-refractivity contribution in [3.8, 4) is 0 Å². The standard InChI is InChI=1S/C9H11Cl2NO2S/c10-3-5-14-6-4-12-9(13)7-1-2-8(11)15-7/h1-2H,3-6H2,(H,12,13). The molecule has 0 saturated carbocycles. The van der Waals surface area contributed by atoms with Gasteiger partial charge in [0.05, 0.1) is 22.4 Å². The third-order valence-electron chi connectivity index (χ3n) is 1.55. The van der Waals surface area contributed by atoms with Crippen LogP contribution < -0.4 is 5.32 Å². The molecule has 1 N–H and O–H groups in total. The van der Waals surface area contributed by atoms with E-state index in [1.54, 1.807) is 12.1 Å². The molecule has 15 heavy (non-hydrogen) atoms. The molecule has 1 amide bonds. The van der Waals surface area contributed by atoms with E-state index in [0.717, 1.165) is 0 Å². The molecule has 0 radical (unpaired) electrons. The fourth-order valence-electron chi connectivity index (χ4n) is 0.917. The number of halogens is 2. The van der Waals surface area contributed by atoms with E-state index in [2.05, 4.69) is 5.32 Å². The summed E-state index contributed by atoms with van der Waals surface area (Å²) in [5.74, 6) is 0.343. The summed E-state index contributed by atoms with van der Waals surface area (Å²) >= 11 is 12.4. The van der Waals surface area contributed by atoms with Gasteiger partial charge in [-0.25, -0.2) is 0 Å². The molecule has 0 fully saturated rings. The fourth-order valence-corrected chi connectivity index (χ4v) is 1.99. The SMILES string of the molecule is O=C(NCCOCCCl)c1ccc(Cl)s1. The van der Waals surface area contributed by atoms with Crippen molar-refractivity contribution in [2.75, 3.05) is 25.6 Å². The van der Waals surface area contributed by atoms with Crippen LogP contribution in [-0.2, 0) is 4.74 Å². The lowest BCUT2D eigenvalue weighted by Gasteiger charge is -2.03. The van der Waals surface area contributed by atoms with Crippen LogP contribution in [0.2, 0.25) is 4.34 Å². The van der Waals surface area contributed by atoms with Gasteiger partial charge in [0.1, 0.15) is 0 Å². The van der Waals surface area contributed by atoms with Crippen molar-refractivity contribution in [3.05, 3.63) is 21.3 Å². The summed E-state index contributed by atoms with van der Waals surface area (Å²) < 4.78 is 5.71. The molecule has 1 rings (SSSR count). The molecule has 0 bridgehead atoms. The Bertz CT molecular complexity index is 317. The zero-order valence-corrected chi connectivity index (χ0v) is 10.3. The van der Waals surface area contributed by atoms with Crippen molar-refractivity contribution in [1.82, 2.24) is 5.32 Å². The molecule has 0 saturated heterocycles. The fraction of sp³-hybridized carbons (Fsp3) is 0.444. The number of amides is 1. The van der Waals surface area contributed by atoms with Gasteiger partial charge >= 0.3 is 0 Å². The van der Waals surface area contributed by atoms with Crippen molar-refractivity contribution in [1.29, 1.82) is 0 Å². The van der Waals surface area contributed by atoms with Crippen molar-refractivity contribution in [2.24, 2.45) is 0 Å². The lowest BCUT2D eigenvalue weighted by Crippen LogP contribution is -2.26. The van der Waals surface area contributed by atoms with Gasteiger partial charge in [0.25, 0.3) is 5.91 Å². The normalized spacial score (nSPS) is 10.3. The van der Waals surface area contributed by atoms with Crippen LogP contribution in [0.5, 0.6) is 0 Å². The molecule has 0 aromatic carbocycles. The minimum atomic E-state index is -0.124. The third-order valence-corrected chi connectivity index (χ3v) is 2.93. The number of carbonyl (C=O) groups excluding carboxylic acids is 1. The Morgan fingerprint density at radius 2 is 2.27 bits per heavy atom. The first kappa shape index (κ1) is 12.8. The number of rotatable bonds is 6. The lowest BCUT2D eigenvalue weighted by molar-refractivity contribution is 0.0927. The number of hydrogen-bond acceptors (Lipinski definition) is 3. The van der Waals surface area contributed by atoms with E-state index in [1.165, 1.54) is 11.3 Å². The second kappa shape index (κ2) is 7.06. The zero-order valence-electron chi connectivity index (χ0n) is 7.96. The van der Waals surface area contributed by atoms with Crippen LogP contribution in [0.25, 0.3) is 0 Å². The predicted molar refractivity (Wildman–Crippen MR) is 63.2 cm³/mol. The van der Waals surface area contributed by atoms with Gasteiger partial charge in [-0.1, -0.05) is 11.6 Å². The van der Waals surface area contributed by atoms with Gasteiger partial charge in [-0.3, -0.25) is 4.79 Å². The van der Waals surface area contributed by atoms with Gasteiger partial charge < -0.3 is 10.1 Å². The predicted octanol–water partition coefficient (Wildman–Crippen LogP) is 2.39. The number of hydrogen-bond donors (Lipinski definition) is 1. The van der Waals surface area contributed by atoms with Crippen molar-refractivity contribution in [2.45, 2.75) is 0 Å². The summed E-state index contributed by atoms with van der Waals surface area (Å²) in [5.41, 5.74) is 0. The van der Waals surface area contributed by atoms with Gasteiger partial charge in [0.15, 0.2) is 0 Å². The average molecular weight is 268 g/mol. The Labute approximate surface area is 102 Å². The highest BCUT2D eigenvalue weighted by Crippen LogP contribution is 2.20. The first-order chi connectivity index (χ1) is 7.24. The monoisotopic (exact) mass is 267 g/mol. The Kier molecular flexibility index (Phi) is 6.02. The molecule has 0 atom stereocenters. The van der Waals surface area contributed by atoms with Crippen molar-refractivity contribution < 1.29 is 9.53 Å². The van der Waals surface area contributed by atoms with Crippen LogP contribution in [0.15, 0.2) is 12.1 Å². The minimum absolute atomic E-state index is 0.124. The van der Waals surface area contributed by atoms with Crippen LogP contribution in [0, 0.1) is 0 Å². The van der Waals surface area contributed by atoms with E-state index < -0.39 is 0 Å².